The van der Waals surface area contributed by atoms with Gasteiger partial charge in [0.25, 0.3) is 11.4 Å². The van der Waals surface area contributed by atoms with Crippen molar-refractivity contribution in [2.45, 2.75) is 6.42 Å². The summed E-state index contributed by atoms with van der Waals surface area (Å²) in [6.45, 7) is 0. The molecule has 0 aliphatic rings. The maximum Gasteiger partial charge on any atom is 0.279 e. The third kappa shape index (κ3) is 2.97. The fourth-order valence-electron chi connectivity index (χ4n) is 2.28. The van der Waals surface area contributed by atoms with Gasteiger partial charge in [-0.05, 0) is 24.3 Å². The van der Waals surface area contributed by atoms with Crippen molar-refractivity contribution in [2.75, 3.05) is 0 Å². The summed E-state index contributed by atoms with van der Waals surface area (Å²) in [5.41, 5.74) is 1.12. The minimum Gasteiger partial charge on any atom is -0.342 e. The molecule has 0 unspecified atom stereocenters. The number of fused-ring (bicyclic) bond motifs is 1. The molecule has 0 bridgehead atoms. The summed E-state index contributed by atoms with van der Waals surface area (Å²) in [7, 11) is 0. The van der Waals surface area contributed by atoms with Gasteiger partial charge in [-0.2, -0.15) is 0 Å². The maximum atomic E-state index is 11.1. The van der Waals surface area contributed by atoms with E-state index in [0.717, 1.165) is 11.6 Å². The van der Waals surface area contributed by atoms with Crippen LogP contribution in [0.4, 0.5) is 11.4 Å². The van der Waals surface area contributed by atoms with Crippen LogP contribution >= 0.6 is 11.6 Å². The highest BCUT2D eigenvalue weighted by Gasteiger charge is 2.20. The van der Waals surface area contributed by atoms with Crippen LogP contribution in [0.5, 0.6) is 0 Å². The number of nitro benzene ring substituents is 2. The summed E-state index contributed by atoms with van der Waals surface area (Å²) in [6, 6.07) is 8.70. The Balaban J connectivity index is 2.00. The van der Waals surface area contributed by atoms with E-state index in [-0.39, 0.29) is 17.8 Å². The lowest BCUT2D eigenvalue weighted by atomic mass is 10.1. The van der Waals surface area contributed by atoms with Crippen molar-refractivity contribution in [3.05, 3.63) is 73.0 Å². The fourth-order valence-corrected chi connectivity index (χ4v) is 2.46. The van der Waals surface area contributed by atoms with Crippen LogP contribution in [0.2, 0.25) is 5.02 Å². The van der Waals surface area contributed by atoms with Gasteiger partial charge in [0.05, 0.1) is 26.9 Å². The molecule has 1 N–H and O–H groups in total. The predicted octanol–water partition coefficient (Wildman–Crippen LogP) is 3.62. The van der Waals surface area contributed by atoms with Crippen LogP contribution in [0.3, 0.4) is 0 Å². The number of H-pyrrole nitrogens is 1. The average molecular weight is 333 g/mol. The lowest BCUT2D eigenvalue weighted by Crippen LogP contribution is -1.99. The number of benzene rings is 2. The van der Waals surface area contributed by atoms with E-state index in [1.807, 2.05) is 0 Å². The molecule has 0 radical (unpaired) electrons. The number of halogens is 1. The molecule has 0 atom stereocenters. The Morgan fingerprint density at radius 2 is 1.87 bits per heavy atom. The first-order valence-corrected chi connectivity index (χ1v) is 6.87. The van der Waals surface area contributed by atoms with Crippen molar-refractivity contribution >= 4 is 34.0 Å². The third-order valence-electron chi connectivity index (χ3n) is 3.33. The Morgan fingerprint density at radius 1 is 1.09 bits per heavy atom. The molecule has 0 aliphatic carbocycles. The minimum atomic E-state index is -0.667. The van der Waals surface area contributed by atoms with Crippen LogP contribution < -0.4 is 0 Å². The van der Waals surface area contributed by atoms with E-state index in [1.165, 1.54) is 12.1 Å². The standard InChI is InChI=1S/C14H9ClN4O4/c15-9-2-4-11-12(6-9)17-14(16-11)5-8-1-3-10(18(20)21)7-13(8)19(22)23/h1-4,6-7H,5H2,(H,16,17). The molecular weight excluding hydrogens is 324 g/mol. The molecule has 0 amide bonds. The van der Waals surface area contributed by atoms with E-state index in [2.05, 4.69) is 9.97 Å². The fraction of sp³-hybridized carbons (Fsp3) is 0.0714. The summed E-state index contributed by atoms with van der Waals surface area (Å²) in [5, 5.41) is 22.4. The first kappa shape index (κ1) is 14.9. The van der Waals surface area contributed by atoms with Crippen LogP contribution in [0.15, 0.2) is 36.4 Å². The van der Waals surface area contributed by atoms with Crippen LogP contribution in [0.1, 0.15) is 11.4 Å². The SMILES string of the molecule is O=[N+]([O-])c1ccc(Cc2nc3ccc(Cl)cc3[nH]2)c([N+](=O)[O-])c1. The van der Waals surface area contributed by atoms with Crippen molar-refractivity contribution < 1.29 is 9.85 Å². The van der Waals surface area contributed by atoms with E-state index in [4.69, 9.17) is 11.6 Å². The van der Waals surface area contributed by atoms with Gasteiger partial charge in [0, 0.05) is 23.1 Å². The molecule has 116 valence electrons. The number of nitro groups is 2. The quantitative estimate of drug-likeness (QED) is 0.578. The molecule has 1 aromatic heterocycles. The Kier molecular flexibility index (Phi) is 3.67. The number of aromatic amines is 1. The predicted molar refractivity (Wildman–Crippen MR) is 83.7 cm³/mol. The van der Waals surface area contributed by atoms with Crippen molar-refractivity contribution in [2.24, 2.45) is 0 Å². The Bertz CT molecular complexity index is 938. The zero-order valence-electron chi connectivity index (χ0n) is 11.5. The summed E-state index contributed by atoms with van der Waals surface area (Å²) in [4.78, 5) is 28.0. The molecule has 0 saturated carbocycles. The molecule has 3 rings (SSSR count). The lowest BCUT2D eigenvalue weighted by Gasteiger charge is -2.01. The number of imidazole rings is 1. The second-order valence-electron chi connectivity index (χ2n) is 4.85. The minimum absolute atomic E-state index is 0.153. The molecule has 23 heavy (non-hydrogen) atoms. The van der Waals surface area contributed by atoms with Gasteiger partial charge >= 0.3 is 0 Å². The molecule has 2 aromatic carbocycles. The van der Waals surface area contributed by atoms with Crippen molar-refractivity contribution in [1.29, 1.82) is 0 Å². The largest absolute Gasteiger partial charge is 0.342 e. The van der Waals surface area contributed by atoms with Gasteiger partial charge < -0.3 is 4.98 Å². The molecule has 0 saturated heterocycles. The molecular formula is C14H9ClN4O4. The summed E-state index contributed by atoms with van der Waals surface area (Å²) in [6.07, 6.45) is 0.153. The van der Waals surface area contributed by atoms with E-state index in [1.54, 1.807) is 18.2 Å². The molecule has 0 spiro atoms. The summed E-state index contributed by atoms with van der Waals surface area (Å²) in [5.74, 6) is 0.513. The van der Waals surface area contributed by atoms with E-state index >= 15 is 0 Å². The lowest BCUT2D eigenvalue weighted by molar-refractivity contribution is -0.394. The van der Waals surface area contributed by atoms with Gasteiger partial charge in [0.1, 0.15) is 5.82 Å². The Labute approximate surface area is 134 Å². The second-order valence-corrected chi connectivity index (χ2v) is 5.29. The van der Waals surface area contributed by atoms with Crippen LogP contribution in [-0.4, -0.2) is 19.8 Å². The molecule has 0 aliphatic heterocycles. The molecule has 0 fully saturated rings. The number of aromatic nitrogens is 2. The van der Waals surface area contributed by atoms with Gasteiger partial charge in [-0.25, -0.2) is 4.98 Å². The van der Waals surface area contributed by atoms with E-state index in [9.17, 15) is 20.2 Å². The zero-order chi connectivity index (χ0) is 16.6. The molecule has 9 heteroatoms. The summed E-state index contributed by atoms with van der Waals surface area (Å²) >= 11 is 5.90. The van der Waals surface area contributed by atoms with Crippen molar-refractivity contribution in [3.63, 3.8) is 0 Å². The first-order chi connectivity index (χ1) is 10.9. The number of nitrogens with zero attached hydrogens (tertiary/aromatic N) is 3. The monoisotopic (exact) mass is 332 g/mol. The van der Waals surface area contributed by atoms with Crippen LogP contribution in [0, 0.1) is 20.2 Å². The normalized spacial score (nSPS) is 10.8. The van der Waals surface area contributed by atoms with Gasteiger partial charge in [-0.15, -0.1) is 0 Å². The Morgan fingerprint density at radius 3 is 2.57 bits per heavy atom. The molecule has 8 nitrogen and oxygen atoms in total. The first-order valence-electron chi connectivity index (χ1n) is 6.50. The zero-order valence-corrected chi connectivity index (χ0v) is 12.3. The maximum absolute atomic E-state index is 11.1. The smallest absolute Gasteiger partial charge is 0.279 e. The van der Waals surface area contributed by atoms with Gasteiger partial charge in [-0.1, -0.05) is 11.6 Å². The highest BCUT2D eigenvalue weighted by Crippen LogP contribution is 2.27. The third-order valence-corrected chi connectivity index (χ3v) is 3.56. The van der Waals surface area contributed by atoms with Crippen molar-refractivity contribution in [3.8, 4) is 0 Å². The number of non-ortho nitro benzene ring substituents is 1. The number of rotatable bonds is 4. The molecule has 3 aromatic rings. The number of hydrogen-bond acceptors (Lipinski definition) is 5. The highest BCUT2D eigenvalue weighted by molar-refractivity contribution is 6.31. The topological polar surface area (TPSA) is 115 Å². The van der Waals surface area contributed by atoms with Gasteiger partial charge in [0.15, 0.2) is 0 Å². The Hall–Kier alpha value is -3.00. The van der Waals surface area contributed by atoms with E-state index in [0.29, 0.717) is 21.9 Å². The van der Waals surface area contributed by atoms with Crippen LogP contribution in [0.25, 0.3) is 11.0 Å². The van der Waals surface area contributed by atoms with Gasteiger partial charge in [0.2, 0.25) is 0 Å². The average Bonchev–Trinajstić information content (AvgIpc) is 2.88. The number of nitrogens with one attached hydrogen (secondary N) is 1. The summed E-state index contributed by atoms with van der Waals surface area (Å²) < 4.78 is 0. The van der Waals surface area contributed by atoms with Crippen molar-refractivity contribution in [1.82, 2.24) is 9.97 Å². The number of hydrogen-bond donors (Lipinski definition) is 1. The second kappa shape index (κ2) is 5.65. The van der Waals surface area contributed by atoms with Gasteiger partial charge in [-0.3, -0.25) is 20.2 Å². The van der Waals surface area contributed by atoms with Crippen LogP contribution in [-0.2, 0) is 6.42 Å². The highest BCUT2D eigenvalue weighted by atomic mass is 35.5. The van der Waals surface area contributed by atoms with E-state index < -0.39 is 9.85 Å². The molecule has 1 heterocycles.